The third kappa shape index (κ3) is 6.85. The number of amides is 3. The van der Waals surface area contributed by atoms with Crippen LogP contribution in [0.3, 0.4) is 0 Å². The predicted octanol–water partition coefficient (Wildman–Crippen LogP) is 5.28. The Morgan fingerprint density at radius 3 is 1.47 bits per heavy atom. The van der Waals surface area contributed by atoms with Gasteiger partial charge in [0.15, 0.2) is 0 Å². The summed E-state index contributed by atoms with van der Waals surface area (Å²) < 4.78 is 0. The minimum atomic E-state index is -0.173. The van der Waals surface area contributed by atoms with Crippen LogP contribution in [0.5, 0.6) is 0 Å². The highest BCUT2D eigenvalue weighted by molar-refractivity contribution is 5.99. The molecule has 0 radical (unpaired) electrons. The number of hydrogen-bond donors (Lipinski definition) is 3. The maximum absolute atomic E-state index is 12.8. The Hall–Kier alpha value is -2.37. The van der Waals surface area contributed by atoms with Crippen LogP contribution in [0.25, 0.3) is 0 Å². The summed E-state index contributed by atoms with van der Waals surface area (Å²) in [4.78, 5) is 37.1. The van der Waals surface area contributed by atoms with Crippen LogP contribution >= 0.6 is 0 Å². The Morgan fingerprint density at radius 1 is 0.700 bits per heavy atom. The zero-order valence-electron chi connectivity index (χ0n) is 19.2. The number of benzene rings is 1. The van der Waals surface area contributed by atoms with Crippen molar-refractivity contribution in [3.8, 4) is 0 Å². The van der Waals surface area contributed by atoms with E-state index in [1.54, 1.807) is 18.2 Å². The monoisotopic (exact) mass is 415 g/mol. The summed E-state index contributed by atoms with van der Waals surface area (Å²) in [5.41, 5.74) is 1.68. The molecule has 1 saturated carbocycles. The van der Waals surface area contributed by atoms with Crippen LogP contribution in [-0.2, 0) is 14.4 Å². The summed E-state index contributed by atoms with van der Waals surface area (Å²) in [6.07, 6.45) is 3.96. The number of anilines is 3. The molecule has 1 aliphatic rings. The van der Waals surface area contributed by atoms with Crippen molar-refractivity contribution in [1.82, 2.24) is 0 Å². The van der Waals surface area contributed by atoms with Crippen LogP contribution in [-0.4, -0.2) is 17.7 Å². The molecule has 2 rings (SSSR count). The standard InChI is InChI=1S/C24H37N3O3/c1-14(2)17-7-9-18(10-8-17)24(30)27-21-12-19(25-22(28)15(3)4)11-20(13-21)26-23(29)16(5)6/h11-18H,7-10H2,1-6H3,(H,25,28)(H,26,29)(H,27,30)/t17-,18-. The van der Waals surface area contributed by atoms with Crippen molar-refractivity contribution < 1.29 is 14.4 Å². The molecule has 0 aliphatic heterocycles. The van der Waals surface area contributed by atoms with E-state index in [9.17, 15) is 14.4 Å². The largest absolute Gasteiger partial charge is 0.326 e. The number of carbonyl (C=O) groups is 3. The Morgan fingerprint density at radius 2 is 1.10 bits per heavy atom. The van der Waals surface area contributed by atoms with E-state index in [0.717, 1.165) is 25.7 Å². The molecule has 30 heavy (non-hydrogen) atoms. The van der Waals surface area contributed by atoms with Crippen molar-refractivity contribution in [2.24, 2.45) is 29.6 Å². The molecule has 0 spiro atoms. The summed E-state index contributed by atoms with van der Waals surface area (Å²) in [5, 5.41) is 8.71. The Labute approximate surface area is 180 Å². The van der Waals surface area contributed by atoms with Gasteiger partial charge in [-0.3, -0.25) is 14.4 Å². The SMILES string of the molecule is CC(C)C(=O)Nc1cc(NC(=O)C(C)C)cc(NC(=O)[C@H]2CC[C@H](C(C)C)CC2)c1. The van der Waals surface area contributed by atoms with Gasteiger partial charge in [-0.05, 0) is 55.7 Å². The smallest absolute Gasteiger partial charge is 0.227 e. The molecule has 166 valence electrons. The van der Waals surface area contributed by atoms with Crippen molar-refractivity contribution in [3.05, 3.63) is 18.2 Å². The minimum Gasteiger partial charge on any atom is -0.326 e. The molecule has 0 bridgehead atoms. The van der Waals surface area contributed by atoms with Gasteiger partial charge in [0.05, 0.1) is 0 Å². The van der Waals surface area contributed by atoms with E-state index in [-0.39, 0.29) is 35.5 Å². The summed E-state index contributed by atoms with van der Waals surface area (Å²) in [6.45, 7) is 11.8. The van der Waals surface area contributed by atoms with Gasteiger partial charge in [0, 0.05) is 34.8 Å². The second-order valence-electron chi connectivity index (χ2n) is 9.43. The van der Waals surface area contributed by atoms with Gasteiger partial charge in [-0.25, -0.2) is 0 Å². The summed E-state index contributed by atoms with van der Waals surface area (Å²) in [7, 11) is 0. The third-order valence-electron chi connectivity index (χ3n) is 5.87. The molecule has 3 N–H and O–H groups in total. The molecular weight excluding hydrogens is 378 g/mol. The molecule has 6 nitrogen and oxygen atoms in total. The van der Waals surface area contributed by atoms with Gasteiger partial charge in [-0.2, -0.15) is 0 Å². The first-order valence-electron chi connectivity index (χ1n) is 11.1. The lowest BCUT2D eigenvalue weighted by Gasteiger charge is -2.30. The number of carbonyl (C=O) groups excluding carboxylic acids is 3. The fraction of sp³-hybridized carbons (Fsp3) is 0.625. The molecule has 1 aliphatic carbocycles. The summed E-state index contributed by atoms with van der Waals surface area (Å²) in [6, 6.07) is 5.19. The average molecular weight is 416 g/mol. The van der Waals surface area contributed by atoms with E-state index < -0.39 is 0 Å². The molecule has 1 aromatic rings. The third-order valence-corrected chi connectivity index (χ3v) is 5.87. The van der Waals surface area contributed by atoms with E-state index >= 15 is 0 Å². The minimum absolute atomic E-state index is 0.00242. The van der Waals surface area contributed by atoms with E-state index in [0.29, 0.717) is 28.9 Å². The summed E-state index contributed by atoms with van der Waals surface area (Å²) >= 11 is 0. The highest BCUT2D eigenvalue weighted by atomic mass is 16.2. The molecule has 3 amide bonds. The van der Waals surface area contributed by atoms with Crippen LogP contribution in [0.4, 0.5) is 17.1 Å². The van der Waals surface area contributed by atoms with Crippen LogP contribution in [0.1, 0.15) is 67.2 Å². The van der Waals surface area contributed by atoms with Crippen molar-refractivity contribution >= 4 is 34.8 Å². The lowest BCUT2D eigenvalue weighted by Crippen LogP contribution is -2.28. The first-order chi connectivity index (χ1) is 14.1. The van der Waals surface area contributed by atoms with Gasteiger partial charge in [-0.15, -0.1) is 0 Å². The molecule has 6 heteroatoms. The van der Waals surface area contributed by atoms with E-state index in [4.69, 9.17) is 0 Å². The Balaban J connectivity index is 2.15. The normalized spacial score (nSPS) is 19.1. The topological polar surface area (TPSA) is 87.3 Å². The lowest BCUT2D eigenvalue weighted by molar-refractivity contribution is -0.121. The molecule has 0 atom stereocenters. The highest BCUT2D eigenvalue weighted by Gasteiger charge is 2.27. The van der Waals surface area contributed by atoms with Crippen molar-refractivity contribution in [1.29, 1.82) is 0 Å². The summed E-state index contributed by atoms with van der Waals surface area (Å²) in [5.74, 6) is 0.775. The number of nitrogens with one attached hydrogen (secondary N) is 3. The van der Waals surface area contributed by atoms with Crippen LogP contribution in [0, 0.1) is 29.6 Å². The molecule has 1 aromatic carbocycles. The Bertz CT molecular complexity index is 723. The second-order valence-corrected chi connectivity index (χ2v) is 9.43. The van der Waals surface area contributed by atoms with Crippen molar-refractivity contribution in [2.75, 3.05) is 16.0 Å². The first kappa shape index (κ1) is 23.9. The zero-order chi connectivity index (χ0) is 22.4. The van der Waals surface area contributed by atoms with Gasteiger partial charge < -0.3 is 16.0 Å². The molecule has 0 unspecified atom stereocenters. The predicted molar refractivity (Wildman–Crippen MR) is 122 cm³/mol. The highest BCUT2D eigenvalue weighted by Crippen LogP contribution is 2.34. The lowest BCUT2D eigenvalue weighted by atomic mass is 9.76. The fourth-order valence-electron chi connectivity index (χ4n) is 3.71. The molecule has 0 aromatic heterocycles. The maximum atomic E-state index is 12.8. The quantitative estimate of drug-likeness (QED) is 0.566. The van der Waals surface area contributed by atoms with Gasteiger partial charge in [0.2, 0.25) is 17.7 Å². The van der Waals surface area contributed by atoms with Gasteiger partial charge in [0.25, 0.3) is 0 Å². The molecular formula is C24H37N3O3. The molecule has 1 fully saturated rings. The second kappa shape index (κ2) is 10.6. The molecule has 0 saturated heterocycles. The van der Waals surface area contributed by atoms with Crippen LogP contribution < -0.4 is 16.0 Å². The number of rotatable bonds is 7. The average Bonchev–Trinajstić information content (AvgIpc) is 2.67. The van der Waals surface area contributed by atoms with Crippen LogP contribution in [0.2, 0.25) is 0 Å². The molecule has 0 heterocycles. The number of hydrogen-bond acceptors (Lipinski definition) is 3. The van der Waals surface area contributed by atoms with E-state index in [1.807, 2.05) is 27.7 Å². The van der Waals surface area contributed by atoms with Crippen LogP contribution in [0.15, 0.2) is 18.2 Å². The van der Waals surface area contributed by atoms with Gasteiger partial charge >= 0.3 is 0 Å². The Kier molecular flexibility index (Phi) is 8.44. The fourth-order valence-corrected chi connectivity index (χ4v) is 3.71. The van der Waals surface area contributed by atoms with E-state index in [1.165, 1.54) is 0 Å². The maximum Gasteiger partial charge on any atom is 0.227 e. The van der Waals surface area contributed by atoms with Gasteiger partial charge in [-0.1, -0.05) is 41.5 Å². The van der Waals surface area contributed by atoms with Crippen molar-refractivity contribution in [3.63, 3.8) is 0 Å². The van der Waals surface area contributed by atoms with Crippen molar-refractivity contribution in [2.45, 2.75) is 67.2 Å². The zero-order valence-corrected chi connectivity index (χ0v) is 19.2. The first-order valence-corrected chi connectivity index (χ1v) is 11.1. The van der Waals surface area contributed by atoms with Gasteiger partial charge in [0.1, 0.15) is 0 Å². The van der Waals surface area contributed by atoms with E-state index in [2.05, 4.69) is 29.8 Å².